The molecule has 0 rings (SSSR count). The van der Waals surface area contributed by atoms with Gasteiger partial charge in [0.05, 0.1) is 25.5 Å². The molecule has 1 unspecified atom stereocenters. The Morgan fingerprint density at radius 1 is 1.54 bits per heavy atom. The molecule has 0 spiro atoms. The number of rotatable bonds is 8. The highest BCUT2D eigenvalue weighted by molar-refractivity contribution is 5.62. The van der Waals surface area contributed by atoms with E-state index in [0.717, 1.165) is 19.3 Å². The summed E-state index contributed by atoms with van der Waals surface area (Å²) in [5.74, 6) is 0. The fraction of sp³-hybridized carbons (Fsp3) is 0.667. The lowest BCUT2D eigenvalue weighted by molar-refractivity contribution is 0.0605. The van der Waals surface area contributed by atoms with Crippen molar-refractivity contribution in [2.45, 2.75) is 25.4 Å². The van der Waals surface area contributed by atoms with E-state index in [9.17, 15) is 0 Å². The second kappa shape index (κ2) is 9.22. The van der Waals surface area contributed by atoms with Gasteiger partial charge >= 0.3 is 0 Å². The van der Waals surface area contributed by atoms with Crippen LogP contribution in [0, 0.1) is 0 Å². The van der Waals surface area contributed by atoms with Gasteiger partial charge in [0.25, 0.3) is 0 Å². The lowest BCUT2D eigenvalue weighted by atomic mass is 10.1. The average Bonchev–Trinajstić information content (AvgIpc) is 2.14. The van der Waals surface area contributed by atoms with Gasteiger partial charge in [-0.25, -0.2) is 0 Å². The third-order valence-electron chi connectivity index (χ3n) is 1.55. The fourth-order valence-corrected chi connectivity index (χ4v) is 0.943. The standard InChI is InChI=1S/C9H17NO3/c1-2-3-4-5-9(8-10-12)13-7-6-11/h2,8-9,11-12H,1,3-7H2/b10-8+. The summed E-state index contributed by atoms with van der Waals surface area (Å²) >= 11 is 0. The molecular weight excluding hydrogens is 170 g/mol. The van der Waals surface area contributed by atoms with E-state index in [2.05, 4.69) is 11.7 Å². The first-order chi connectivity index (χ1) is 6.35. The zero-order valence-electron chi connectivity index (χ0n) is 7.72. The van der Waals surface area contributed by atoms with Gasteiger partial charge in [0.2, 0.25) is 0 Å². The van der Waals surface area contributed by atoms with Crippen molar-refractivity contribution in [3.63, 3.8) is 0 Å². The summed E-state index contributed by atoms with van der Waals surface area (Å²) in [4.78, 5) is 0. The van der Waals surface area contributed by atoms with Gasteiger partial charge < -0.3 is 15.1 Å². The maximum Gasteiger partial charge on any atom is 0.0960 e. The van der Waals surface area contributed by atoms with Gasteiger partial charge in [-0.3, -0.25) is 0 Å². The number of allylic oxidation sites excluding steroid dienone is 1. The van der Waals surface area contributed by atoms with Gasteiger partial charge in [-0.15, -0.1) is 6.58 Å². The molecule has 76 valence electrons. The van der Waals surface area contributed by atoms with Gasteiger partial charge in [-0.1, -0.05) is 11.2 Å². The van der Waals surface area contributed by atoms with E-state index in [0.29, 0.717) is 0 Å². The predicted octanol–water partition coefficient (Wildman–Crippen LogP) is 1.18. The van der Waals surface area contributed by atoms with Gasteiger partial charge in [-0.2, -0.15) is 0 Å². The molecule has 0 aromatic carbocycles. The maximum atomic E-state index is 8.51. The molecule has 0 heterocycles. The van der Waals surface area contributed by atoms with Gasteiger partial charge in [0.15, 0.2) is 0 Å². The van der Waals surface area contributed by atoms with Crippen molar-refractivity contribution >= 4 is 6.21 Å². The van der Waals surface area contributed by atoms with E-state index < -0.39 is 0 Å². The third kappa shape index (κ3) is 7.49. The molecule has 2 N–H and O–H groups in total. The number of aliphatic hydroxyl groups excluding tert-OH is 1. The van der Waals surface area contributed by atoms with Crippen LogP contribution in [0.1, 0.15) is 19.3 Å². The molecule has 0 aromatic rings. The Labute approximate surface area is 78.5 Å². The molecule has 0 aliphatic rings. The summed E-state index contributed by atoms with van der Waals surface area (Å²) in [7, 11) is 0. The number of oxime groups is 1. The minimum absolute atomic E-state index is 0.0166. The van der Waals surface area contributed by atoms with Crippen LogP contribution in [0.25, 0.3) is 0 Å². The minimum Gasteiger partial charge on any atom is -0.411 e. The molecule has 0 saturated heterocycles. The van der Waals surface area contributed by atoms with Crippen LogP contribution in [0.2, 0.25) is 0 Å². The number of nitrogens with zero attached hydrogens (tertiary/aromatic N) is 1. The monoisotopic (exact) mass is 187 g/mol. The van der Waals surface area contributed by atoms with E-state index in [1.54, 1.807) is 0 Å². The Balaban J connectivity index is 3.59. The SMILES string of the molecule is C=CCCCC(/C=N/O)OCCO. The quantitative estimate of drug-likeness (QED) is 0.197. The molecule has 0 aromatic heterocycles. The van der Waals surface area contributed by atoms with Gasteiger partial charge in [0, 0.05) is 0 Å². The van der Waals surface area contributed by atoms with Crippen molar-refractivity contribution in [2.24, 2.45) is 5.16 Å². The zero-order chi connectivity index (χ0) is 9.94. The van der Waals surface area contributed by atoms with Crippen molar-refractivity contribution in [1.82, 2.24) is 0 Å². The van der Waals surface area contributed by atoms with E-state index in [1.807, 2.05) is 6.08 Å². The molecule has 4 nitrogen and oxygen atoms in total. The smallest absolute Gasteiger partial charge is 0.0960 e. The van der Waals surface area contributed by atoms with Crippen molar-refractivity contribution in [2.75, 3.05) is 13.2 Å². The van der Waals surface area contributed by atoms with Crippen LogP contribution < -0.4 is 0 Å². The van der Waals surface area contributed by atoms with Crippen molar-refractivity contribution in [3.8, 4) is 0 Å². The Morgan fingerprint density at radius 3 is 2.85 bits per heavy atom. The van der Waals surface area contributed by atoms with Crippen molar-refractivity contribution in [3.05, 3.63) is 12.7 Å². The summed E-state index contributed by atoms with van der Waals surface area (Å²) < 4.78 is 5.18. The molecule has 4 heteroatoms. The van der Waals surface area contributed by atoms with Crippen LogP contribution in [0.15, 0.2) is 17.8 Å². The van der Waals surface area contributed by atoms with Crippen LogP contribution in [-0.2, 0) is 4.74 Å². The molecule has 0 radical (unpaired) electrons. The summed E-state index contributed by atoms with van der Waals surface area (Å²) in [6.45, 7) is 3.85. The Hall–Kier alpha value is -0.870. The summed E-state index contributed by atoms with van der Waals surface area (Å²) in [6.07, 6.45) is 5.58. The average molecular weight is 187 g/mol. The Bertz CT molecular complexity index is 148. The predicted molar refractivity (Wildman–Crippen MR) is 51.2 cm³/mol. The largest absolute Gasteiger partial charge is 0.411 e. The van der Waals surface area contributed by atoms with E-state index >= 15 is 0 Å². The minimum atomic E-state index is -0.211. The molecule has 0 fully saturated rings. The highest BCUT2D eigenvalue weighted by Crippen LogP contribution is 2.03. The Morgan fingerprint density at radius 2 is 2.31 bits per heavy atom. The molecule has 0 amide bonds. The van der Waals surface area contributed by atoms with E-state index in [4.69, 9.17) is 15.1 Å². The van der Waals surface area contributed by atoms with Crippen molar-refractivity contribution in [1.29, 1.82) is 0 Å². The first-order valence-corrected chi connectivity index (χ1v) is 4.36. The maximum absolute atomic E-state index is 8.51. The molecule has 1 atom stereocenters. The topological polar surface area (TPSA) is 62.1 Å². The first-order valence-electron chi connectivity index (χ1n) is 4.36. The molecule has 13 heavy (non-hydrogen) atoms. The van der Waals surface area contributed by atoms with Crippen LogP contribution in [0.4, 0.5) is 0 Å². The summed E-state index contributed by atoms with van der Waals surface area (Å²) in [5, 5.41) is 19.7. The number of hydrogen-bond donors (Lipinski definition) is 2. The van der Waals surface area contributed by atoms with Crippen LogP contribution in [0.3, 0.4) is 0 Å². The molecule has 0 aliphatic carbocycles. The normalized spacial score (nSPS) is 13.3. The van der Waals surface area contributed by atoms with E-state index in [1.165, 1.54) is 6.21 Å². The van der Waals surface area contributed by atoms with Gasteiger partial charge in [0.1, 0.15) is 0 Å². The summed E-state index contributed by atoms with van der Waals surface area (Å²) in [6, 6.07) is 0. The zero-order valence-corrected chi connectivity index (χ0v) is 7.72. The first kappa shape index (κ1) is 12.1. The summed E-state index contributed by atoms with van der Waals surface area (Å²) in [5.41, 5.74) is 0. The third-order valence-corrected chi connectivity index (χ3v) is 1.55. The van der Waals surface area contributed by atoms with Crippen LogP contribution >= 0.6 is 0 Å². The fourth-order valence-electron chi connectivity index (χ4n) is 0.943. The van der Waals surface area contributed by atoms with Gasteiger partial charge in [-0.05, 0) is 19.3 Å². The van der Waals surface area contributed by atoms with E-state index in [-0.39, 0.29) is 19.3 Å². The number of unbranched alkanes of at least 4 members (excludes halogenated alkanes) is 1. The lowest BCUT2D eigenvalue weighted by Gasteiger charge is -2.10. The highest BCUT2D eigenvalue weighted by Gasteiger charge is 2.04. The molecule has 0 bridgehead atoms. The number of aliphatic hydroxyl groups is 1. The molecule has 0 saturated carbocycles. The van der Waals surface area contributed by atoms with Crippen LogP contribution in [0.5, 0.6) is 0 Å². The van der Waals surface area contributed by atoms with Crippen molar-refractivity contribution < 1.29 is 15.1 Å². The number of hydrogen-bond acceptors (Lipinski definition) is 4. The second-order valence-electron chi connectivity index (χ2n) is 2.62. The molecular formula is C9H17NO3. The lowest BCUT2D eigenvalue weighted by Crippen LogP contribution is -2.16. The Kier molecular flexibility index (Phi) is 8.60. The number of ether oxygens (including phenoxy) is 1. The molecule has 0 aliphatic heterocycles. The van der Waals surface area contributed by atoms with Crippen LogP contribution in [-0.4, -0.2) is 35.8 Å². The highest BCUT2D eigenvalue weighted by atomic mass is 16.5. The second-order valence-corrected chi connectivity index (χ2v) is 2.62.